The predicted molar refractivity (Wildman–Crippen MR) is 145 cm³/mol. The van der Waals surface area contributed by atoms with Gasteiger partial charge >= 0.3 is 0 Å². The van der Waals surface area contributed by atoms with Gasteiger partial charge in [0.2, 0.25) is 0 Å². The number of carbonyl (C=O) groups is 1. The Labute approximate surface area is 217 Å². The molecule has 1 fully saturated rings. The van der Waals surface area contributed by atoms with Crippen LogP contribution in [0.1, 0.15) is 39.4 Å². The minimum Gasteiger partial charge on any atom is -0.354 e. The highest BCUT2D eigenvalue weighted by atomic mass is 19.1. The second-order valence-electron chi connectivity index (χ2n) is 9.54. The molecule has 1 aliphatic rings. The van der Waals surface area contributed by atoms with Gasteiger partial charge < -0.3 is 9.80 Å². The first-order valence-corrected chi connectivity index (χ1v) is 12.8. The normalized spacial score (nSPS) is 13.9. The Hall–Kier alpha value is -4.06. The summed E-state index contributed by atoms with van der Waals surface area (Å²) in [5.74, 6) is 1.41. The number of aromatic nitrogens is 2. The Morgan fingerprint density at radius 3 is 2.35 bits per heavy atom. The van der Waals surface area contributed by atoms with E-state index in [2.05, 4.69) is 22.0 Å². The smallest absolute Gasteiger partial charge is 0.253 e. The van der Waals surface area contributed by atoms with E-state index in [1.165, 1.54) is 6.07 Å². The summed E-state index contributed by atoms with van der Waals surface area (Å²) >= 11 is 0. The van der Waals surface area contributed by atoms with Gasteiger partial charge in [-0.1, -0.05) is 54.6 Å². The van der Waals surface area contributed by atoms with Gasteiger partial charge in [-0.2, -0.15) is 0 Å². The third-order valence-corrected chi connectivity index (χ3v) is 6.90. The SMILES string of the molecule is Cc1nc(C)c(Cc2cccc(F)c2)c(N2CCCN(C(=O)c3ccc(-c4ccccc4)cc3)CC2)n1. The average Bonchev–Trinajstić information content (AvgIpc) is 3.17. The van der Waals surface area contributed by atoms with Crippen LogP contribution in [0.5, 0.6) is 0 Å². The van der Waals surface area contributed by atoms with Gasteiger partial charge in [-0.05, 0) is 61.2 Å². The van der Waals surface area contributed by atoms with Crippen molar-refractivity contribution in [2.45, 2.75) is 26.7 Å². The monoisotopic (exact) mass is 494 g/mol. The molecule has 3 aromatic carbocycles. The van der Waals surface area contributed by atoms with E-state index in [9.17, 15) is 9.18 Å². The molecule has 0 aliphatic carbocycles. The van der Waals surface area contributed by atoms with Gasteiger partial charge in [-0.25, -0.2) is 14.4 Å². The third kappa shape index (κ3) is 5.69. The minimum absolute atomic E-state index is 0.0523. The molecule has 0 N–H and O–H groups in total. The molecule has 37 heavy (non-hydrogen) atoms. The van der Waals surface area contributed by atoms with Gasteiger partial charge in [0.1, 0.15) is 17.5 Å². The second kappa shape index (κ2) is 10.9. The summed E-state index contributed by atoms with van der Waals surface area (Å²) in [6.45, 7) is 6.66. The van der Waals surface area contributed by atoms with E-state index in [0.29, 0.717) is 37.4 Å². The topological polar surface area (TPSA) is 49.3 Å². The summed E-state index contributed by atoms with van der Waals surface area (Å²) in [6, 6.07) is 24.7. The summed E-state index contributed by atoms with van der Waals surface area (Å²) in [7, 11) is 0. The lowest BCUT2D eigenvalue weighted by Gasteiger charge is -2.26. The zero-order chi connectivity index (χ0) is 25.8. The summed E-state index contributed by atoms with van der Waals surface area (Å²) in [5, 5.41) is 0. The maximum atomic E-state index is 13.8. The first kappa shape index (κ1) is 24.6. The first-order chi connectivity index (χ1) is 18.0. The highest BCUT2D eigenvalue weighted by molar-refractivity contribution is 5.94. The maximum absolute atomic E-state index is 13.8. The molecule has 0 radical (unpaired) electrons. The number of hydrogen-bond acceptors (Lipinski definition) is 4. The van der Waals surface area contributed by atoms with Crippen molar-refractivity contribution in [2.24, 2.45) is 0 Å². The van der Waals surface area contributed by atoms with Crippen LogP contribution in [-0.4, -0.2) is 47.0 Å². The van der Waals surface area contributed by atoms with Gasteiger partial charge in [-0.3, -0.25) is 4.79 Å². The molecule has 0 bridgehead atoms. The lowest BCUT2D eigenvalue weighted by atomic mass is 10.0. The van der Waals surface area contributed by atoms with E-state index in [-0.39, 0.29) is 11.7 Å². The van der Waals surface area contributed by atoms with E-state index in [0.717, 1.165) is 46.7 Å². The van der Waals surface area contributed by atoms with Crippen LogP contribution < -0.4 is 4.90 Å². The number of hydrogen-bond donors (Lipinski definition) is 0. The molecule has 0 atom stereocenters. The molecular weight excluding hydrogens is 463 g/mol. The molecule has 1 aromatic heterocycles. The Bertz CT molecular complexity index is 1390. The standard InChI is InChI=1S/C31H31FN4O/c1-22-29(21-24-8-6-11-28(32)20-24)30(34-23(2)33-22)35-16-7-17-36(19-18-35)31(37)27-14-12-26(13-15-27)25-9-4-3-5-10-25/h3-6,8-15,20H,7,16-19,21H2,1-2H3. The molecule has 4 aromatic rings. The predicted octanol–water partition coefficient (Wildman–Crippen LogP) is 5.84. The van der Waals surface area contributed by atoms with Crippen molar-refractivity contribution in [1.82, 2.24) is 14.9 Å². The summed E-state index contributed by atoms with van der Waals surface area (Å²) in [6.07, 6.45) is 1.40. The van der Waals surface area contributed by atoms with E-state index >= 15 is 0 Å². The number of nitrogens with zero attached hydrogens (tertiary/aromatic N) is 4. The number of anilines is 1. The molecule has 0 saturated carbocycles. The zero-order valence-electron chi connectivity index (χ0n) is 21.3. The summed E-state index contributed by atoms with van der Waals surface area (Å²) in [5.41, 5.74) is 5.74. The van der Waals surface area contributed by atoms with Crippen LogP contribution >= 0.6 is 0 Å². The first-order valence-electron chi connectivity index (χ1n) is 12.8. The highest BCUT2D eigenvalue weighted by Gasteiger charge is 2.24. The minimum atomic E-state index is -0.245. The van der Waals surface area contributed by atoms with Gasteiger partial charge in [0.25, 0.3) is 5.91 Å². The summed E-state index contributed by atoms with van der Waals surface area (Å²) < 4.78 is 13.8. The fraction of sp³-hybridized carbons (Fsp3) is 0.258. The lowest BCUT2D eigenvalue weighted by Crippen LogP contribution is -2.35. The van der Waals surface area contributed by atoms with Crippen molar-refractivity contribution in [2.75, 3.05) is 31.1 Å². The summed E-state index contributed by atoms with van der Waals surface area (Å²) in [4.78, 5) is 26.9. The third-order valence-electron chi connectivity index (χ3n) is 6.90. The van der Waals surface area contributed by atoms with E-state index in [1.54, 1.807) is 12.1 Å². The number of aryl methyl sites for hydroxylation is 2. The second-order valence-corrected chi connectivity index (χ2v) is 9.54. The van der Waals surface area contributed by atoms with E-state index in [4.69, 9.17) is 4.98 Å². The lowest BCUT2D eigenvalue weighted by molar-refractivity contribution is 0.0767. The van der Waals surface area contributed by atoms with Crippen molar-refractivity contribution < 1.29 is 9.18 Å². The quantitative estimate of drug-likeness (QED) is 0.350. The molecule has 5 nitrogen and oxygen atoms in total. The molecule has 1 saturated heterocycles. The molecule has 1 aliphatic heterocycles. The van der Waals surface area contributed by atoms with E-state index < -0.39 is 0 Å². The maximum Gasteiger partial charge on any atom is 0.253 e. The molecule has 188 valence electrons. The van der Waals surface area contributed by atoms with Crippen LogP contribution in [0.4, 0.5) is 10.2 Å². The Kier molecular flexibility index (Phi) is 7.26. The van der Waals surface area contributed by atoms with Crippen molar-refractivity contribution in [1.29, 1.82) is 0 Å². The van der Waals surface area contributed by atoms with Crippen molar-refractivity contribution in [3.05, 3.63) is 113 Å². The Balaban J connectivity index is 1.32. The number of carbonyl (C=O) groups excluding carboxylic acids is 1. The van der Waals surface area contributed by atoms with Gasteiger partial charge in [0.15, 0.2) is 0 Å². The fourth-order valence-corrected chi connectivity index (χ4v) is 4.99. The fourth-order valence-electron chi connectivity index (χ4n) is 4.99. The molecule has 0 unspecified atom stereocenters. The van der Waals surface area contributed by atoms with Crippen LogP contribution in [0.3, 0.4) is 0 Å². The van der Waals surface area contributed by atoms with Crippen LogP contribution in [0.25, 0.3) is 11.1 Å². The van der Waals surface area contributed by atoms with Crippen LogP contribution in [0.15, 0.2) is 78.9 Å². The van der Waals surface area contributed by atoms with Gasteiger partial charge in [0, 0.05) is 49.4 Å². The largest absolute Gasteiger partial charge is 0.354 e. The average molecular weight is 495 g/mol. The van der Waals surface area contributed by atoms with Crippen LogP contribution in [-0.2, 0) is 6.42 Å². The number of halogens is 1. The van der Waals surface area contributed by atoms with E-state index in [1.807, 2.05) is 67.3 Å². The van der Waals surface area contributed by atoms with Crippen LogP contribution in [0.2, 0.25) is 0 Å². The molecule has 6 heteroatoms. The molecule has 0 spiro atoms. The molecule has 1 amide bonds. The van der Waals surface area contributed by atoms with Crippen molar-refractivity contribution in [3.8, 4) is 11.1 Å². The Morgan fingerprint density at radius 1 is 0.838 bits per heavy atom. The molecule has 2 heterocycles. The van der Waals surface area contributed by atoms with Crippen molar-refractivity contribution >= 4 is 11.7 Å². The van der Waals surface area contributed by atoms with Gasteiger partial charge in [-0.15, -0.1) is 0 Å². The zero-order valence-corrected chi connectivity index (χ0v) is 21.3. The number of amides is 1. The number of rotatable bonds is 5. The Morgan fingerprint density at radius 2 is 1.59 bits per heavy atom. The molecule has 5 rings (SSSR count). The van der Waals surface area contributed by atoms with Gasteiger partial charge in [0.05, 0.1) is 0 Å². The molecular formula is C31H31FN4O. The highest BCUT2D eigenvalue weighted by Crippen LogP contribution is 2.26. The number of benzene rings is 3. The van der Waals surface area contributed by atoms with Crippen molar-refractivity contribution in [3.63, 3.8) is 0 Å². The van der Waals surface area contributed by atoms with Crippen LogP contribution in [0, 0.1) is 19.7 Å².